The van der Waals surface area contributed by atoms with Crippen LogP contribution in [-0.4, -0.2) is 101 Å². The van der Waals surface area contributed by atoms with Crippen molar-refractivity contribution in [1.82, 2.24) is 24.5 Å². The number of carbonyl (C=O) groups excluding carboxylic acids is 1. The van der Waals surface area contributed by atoms with Crippen molar-refractivity contribution in [3.05, 3.63) is 18.0 Å². The van der Waals surface area contributed by atoms with Crippen molar-refractivity contribution in [3.8, 4) is 0 Å². The van der Waals surface area contributed by atoms with E-state index in [-0.39, 0.29) is 18.1 Å². The van der Waals surface area contributed by atoms with Crippen LogP contribution in [0.1, 0.15) is 18.0 Å². The van der Waals surface area contributed by atoms with Crippen molar-refractivity contribution >= 4 is 5.91 Å². The third-order valence-electron chi connectivity index (χ3n) is 5.12. The minimum Gasteiger partial charge on any atom is -0.387 e. The number of ether oxygens (including phenoxy) is 1. The van der Waals surface area contributed by atoms with Gasteiger partial charge in [0.15, 0.2) is 0 Å². The highest BCUT2D eigenvalue weighted by Gasteiger charge is 2.37. The normalized spacial score (nSPS) is 26.6. The molecule has 3 rings (SSSR count). The monoisotopic (exact) mass is 351 g/mol. The van der Waals surface area contributed by atoms with Crippen LogP contribution in [0.15, 0.2) is 12.4 Å². The van der Waals surface area contributed by atoms with E-state index >= 15 is 0 Å². The van der Waals surface area contributed by atoms with Crippen molar-refractivity contribution in [2.75, 3.05) is 59.5 Å². The van der Waals surface area contributed by atoms with Gasteiger partial charge in [0.05, 0.1) is 24.9 Å². The number of morpholine rings is 1. The highest BCUT2D eigenvalue weighted by atomic mass is 16.5. The van der Waals surface area contributed by atoms with Crippen molar-refractivity contribution < 1.29 is 14.6 Å². The Hall–Kier alpha value is -1.48. The van der Waals surface area contributed by atoms with Gasteiger partial charge in [-0.2, -0.15) is 5.10 Å². The van der Waals surface area contributed by atoms with Gasteiger partial charge in [-0.15, -0.1) is 0 Å². The van der Waals surface area contributed by atoms with Gasteiger partial charge in [-0.3, -0.25) is 14.4 Å². The van der Waals surface area contributed by atoms with E-state index in [1.165, 1.54) is 0 Å². The summed E-state index contributed by atoms with van der Waals surface area (Å²) in [7, 11) is 4.02. The van der Waals surface area contributed by atoms with Gasteiger partial charge >= 0.3 is 0 Å². The van der Waals surface area contributed by atoms with Crippen molar-refractivity contribution in [2.24, 2.45) is 7.05 Å². The van der Waals surface area contributed by atoms with E-state index in [2.05, 4.69) is 21.9 Å². The molecule has 2 atom stereocenters. The van der Waals surface area contributed by atoms with E-state index in [1.807, 2.05) is 13.2 Å². The Kier molecular flexibility index (Phi) is 6.06. The molecule has 0 aromatic carbocycles. The highest BCUT2D eigenvalue weighted by Crippen LogP contribution is 2.30. The average Bonchev–Trinajstić information content (AvgIpc) is 2.93. The van der Waals surface area contributed by atoms with Gasteiger partial charge < -0.3 is 19.6 Å². The topological polar surface area (TPSA) is 74.1 Å². The van der Waals surface area contributed by atoms with E-state index in [9.17, 15) is 9.90 Å². The molecule has 2 fully saturated rings. The summed E-state index contributed by atoms with van der Waals surface area (Å²) in [6, 6.07) is -0.205. The lowest BCUT2D eigenvalue weighted by Gasteiger charge is -2.42. The molecule has 8 heteroatoms. The molecule has 0 radical (unpaired) electrons. The lowest BCUT2D eigenvalue weighted by atomic mass is 10.00. The summed E-state index contributed by atoms with van der Waals surface area (Å²) in [5, 5.41) is 13.6. The van der Waals surface area contributed by atoms with Crippen LogP contribution < -0.4 is 0 Å². The van der Waals surface area contributed by atoms with Crippen molar-refractivity contribution in [2.45, 2.75) is 18.6 Å². The fourth-order valence-electron chi connectivity index (χ4n) is 3.78. The fourth-order valence-corrected chi connectivity index (χ4v) is 3.78. The van der Waals surface area contributed by atoms with Crippen LogP contribution in [0.5, 0.6) is 0 Å². The second kappa shape index (κ2) is 8.27. The van der Waals surface area contributed by atoms with Crippen LogP contribution in [0.4, 0.5) is 0 Å². The maximum absolute atomic E-state index is 12.3. The molecule has 0 bridgehead atoms. The number of aromatic nitrogens is 2. The Balaban J connectivity index is 1.78. The van der Waals surface area contributed by atoms with Gasteiger partial charge in [0, 0.05) is 45.0 Å². The zero-order valence-corrected chi connectivity index (χ0v) is 15.2. The van der Waals surface area contributed by atoms with E-state index in [0.29, 0.717) is 13.2 Å². The summed E-state index contributed by atoms with van der Waals surface area (Å²) in [4.78, 5) is 18.8. The number of hydrogen-bond acceptors (Lipinski definition) is 6. The van der Waals surface area contributed by atoms with E-state index < -0.39 is 6.61 Å². The number of aryl methyl sites for hydroxylation is 1. The largest absolute Gasteiger partial charge is 0.387 e. The number of amides is 1. The number of hydrogen-bond donors (Lipinski definition) is 1. The minimum atomic E-state index is -0.474. The first-order chi connectivity index (χ1) is 12.1. The van der Waals surface area contributed by atoms with E-state index in [1.54, 1.807) is 15.8 Å². The minimum absolute atomic E-state index is 0.114. The van der Waals surface area contributed by atoms with Crippen molar-refractivity contribution in [3.63, 3.8) is 0 Å². The van der Waals surface area contributed by atoms with Crippen LogP contribution in [0.2, 0.25) is 0 Å². The number of carbonyl (C=O) groups is 1. The van der Waals surface area contributed by atoms with Crippen LogP contribution in [0.25, 0.3) is 0 Å². The van der Waals surface area contributed by atoms with Gasteiger partial charge in [0.25, 0.3) is 0 Å². The maximum atomic E-state index is 12.3. The predicted molar refractivity (Wildman–Crippen MR) is 93.0 cm³/mol. The molecule has 1 N–H and O–H groups in total. The number of rotatable bonds is 4. The number of aliphatic hydroxyl groups is 1. The predicted octanol–water partition coefficient (Wildman–Crippen LogP) is -0.682. The van der Waals surface area contributed by atoms with Crippen LogP contribution in [-0.2, 0) is 16.6 Å². The third-order valence-corrected chi connectivity index (χ3v) is 5.12. The summed E-state index contributed by atoms with van der Waals surface area (Å²) >= 11 is 0. The first kappa shape index (κ1) is 18.3. The second-order valence-corrected chi connectivity index (χ2v) is 7.00. The summed E-state index contributed by atoms with van der Waals surface area (Å²) in [6.07, 6.45) is 4.75. The molecule has 2 saturated heterocycles. The third kappa shape index (κ3) is 4.38. The Morgan fingerprint density at radius 3 is 2.84 bits per heavy atom. The summed E-state index contributed by atoms with van der Waals surface area (Å²) in [5.41, 5.74) is 0.959. The summed E-state index contributed by atoms with van der Waals surface area (Å²) in [5.74, 6) is -0.252. The Labute approximate surface area is 148 Å². The van der Waals surface area contributed by atoms with Gasteiger partial charge in [0.2, 0.25) is 5.91 Å². The number of likely N-dealkylation sites (N-methyl/N-ethyl adjacent to an activating group) is 1. The molecule has 3 heterocycles. The molecule has 25 heavy (non-hydrogen) atoms. The molecule has 0 spiro atoms. The molecule has 140 valence electrons. The molecule has 8 nitrogen and oxygen atoms in total. The zero-order chi connectivity index (χ0) is 17.8. The molecular weight excluding hydrogens is 322 g/mol. The van der Waals surface area contributed by atoms with Gasteiger partial charge in [-0.05, 0) is 26.6 Å². The molecule has 0 unspecified atom stereocenters. The lowest BCUT2D eigenvalue weighted by Crippen LogP contribution is -2.52. The Morgan fingerprint density at radius 2 is 2.12 bits per heavy atom. The first-order valence-corrected chi connectivity index (χ1v) is 9.00. The van der Waals surface area contributed by atoms with Gasteiger partial charge in [0.1, 0.15) is 6.61 Å². The molecule has 1 amide bonds. The molecular formula is C17H29N5O3. The number of aliphatic hydroxyl groups excluding tert-OH is 1. The quantitative estimate of drug-likeness (QED) is 0.775. The average molecular weight is 351 g/mol. The van der Waals surface area contributed by atoms with Crippen LogP contribution >= 0.6 is 0 Å². The van der Waals surface area contributed by atoms with E-state index in [4.69, 9.17) is 4.74 Å². The molecule has 1 aromatic heterocycles. The van der Waals surface area contributed by atoms with E-state index in [0.717, 1.165) is 44.7 Å². The highest BCUT2D eigenvalue weighted by molar-refractivity contribution is 5.77. The first-order valence-electron chi connectivity index (χ1n) is 9.00. The Bertz CT molecular complexity index is 578. The second-order valence-electron chi connectivity index (χ2n) is 7.00. The standard InChI is InChI=1S/C17H29N5O3/c1-19-4-3-5-21(7-6-19)12-15-17(14-10-18-20(2)11-14)22(8-9-25-15)16(24)13-23/h10-11,15,17,23H,3-9,12-13H2,1-2H3/t15-,17-/m0/s1. The summed E-state index contributed by atoms with van der Waals surface area (Å²) < 4.78 is 7.82. The smallest absolute Gasteiger partial charge is 0.248 e. The maximum Gasteiger partial charge on any atom is 0.248 e. The van der Waals surface area contributed by atoms with Crippen molar-refractivity contribution in [1.29, 1.82) is 0 Å². The molecule has 2 aliphatic rings. The SMILES string of the molecule is CN1CCCN(C[C@@H]2OCCN(C(=O)CO)[C@H]2c2cnn(C)c2)CC1. The van der Waals surface area contributed by atoms with Gasteiger partial charge in [-0.25, -0.2) is 0 Å². The lowest BCUT2D eigenvalue weighted by molar-refractivity contribution is -0.151. The molecule has 0 saturated carbocycles. The summed E-state index contributed by atoms with van der Waals surface area (Å²) in [6.45, 7) is 5.51. The molecule has 1 aromatic rings. The molecule has 0 aliphatic carbocycles. The van der Waals surface area contributed by atoms with Gasteiger partial charge in [-0.1, -0.05) is 0 Å². The number of nitrogens with zero attached hydrogens (tertiary/aromatic N) is 5. The fraction of sp³-hybridized carbons (Fsp3) is 0.765. The zero-order valence-electron chi connectivity index (χ0n) is 15.2. The van der Waals surface area contributed by atoms with Crippen LogP contribution in [0, 0.1) is 0 Å². The van der Waals surface area contributed by atoms with Crippen LogP contribution in [0.3, 0.4) is 0 Å². The molecule has 2 aliphatic heterocycles. The Morgan fingerprint density at radius 1 is 1.28 bits per heavy atom.